The first-order valence-corrected chi connectivity index (χ1v) is 9.89. The Morgan fingerprint density at radius 3 is 2.62 bits per heavy atom. The Bertz CT molecular complexity index is 754. The zero-order valence-electron chi connectivity index (χ0n) is 14.5. The molecule has 136 valence electrons. The quantitative estimate of drug-likeness (QED) is 0.740. The molecule has 0 radical (unpaired) electrons. The molecule has 3 atom stereocenters. The van der Waals surface area contributed by atoms with Crippen molar-refractivity contribution in [3.05, 3.63) is 58.6 Å². The van der Waals surface area contributed by atoms with Crippen molar-refractivity contribution in [3.8, 4) is 5.75 Å². The average Bonchev–Trinajstić information content (AvgIpc) is 3.29. The molecule has 4 nitrogen and oxygen atoms in total. The van der Waals surface area contributed by atoms with Gasteiger partial charge in [0.15, 0.2) is 0 Å². The van der Waals surface area contributed by atoms with Gasteiger partial charge in [-0.05, 0) is 67.1 Å². The Labute approximate surface area is 162 Å². The highest BCUT2D eigenvalue weighted by Crippen LogP contribution is 2.48. The van der Waals surface area contributed by atoms with Gasteiger partial charge in [0, 0.05) is 22.7 Å². The van der Waals surface area contributed by atoms with E-state index in [0.717, 1.165) is 41.8 Å². The van der Waals surface area contributed by atoms with Gasteiger partial charge >= 0.3 is 0 Å². The van der Waals surface area contributed by atoms with Crippen molar-refractivity contribution in [1.29, 1.82) is 0 Å². The van der Waals surface area contributed by atoms with E-state index < -0.39 is 0 Å². The molecule has 4 rings (SSSR count). The summed E-state index contributed by atoms with van der Waals surface area (Å²) < 4.78 is 12.4. The predicted octanol–water partition coefficient (Wildman–Crippen LogP) is 4.75. The fourth-order valence-corrected chi connectivity index (χ4v) is 3.66. The van der Waals surface area contributed by atoms with Crippen LogP contribution < -0.4 is 10.1 Å². The van der Waals surface area contributed by atoms with Gasteiger partial charge in [-0.2, -0.15) is 0 Å². The van der Waals surface area contributed by atoms with E-state index in [1.54, 1.807) is 0 Å². The van der Waals surface area contributed by atoms with Crippen LogP contribution in [0.3, 0.4) is 0 Å². The van der Waals surface area contributed by atoms with Crippen molar-refractivity contribution >= 4 is 27.5 Å². The molecule has 1 N–H and O–H groups in total. The summed E-state index contributed by atoms with van der Waals surface area (Å²) in [6, 6.07) is 15.8. The monoisotopic (exact) mass is 415 g/mol. The highest BCUT2D eigenvalue weighted by Gasteiger charge is 2.43. The normalized spacial score (nSPS) is 24.3. The van der Waals surface area contributed by atoms with Crippen molar-refractivity contribution in [2.75, 3.05) is 18.5 Å². The van der Waals surface area contributed by atoms with E-state index in [-0.39, 0.29) is 17.9 Å². The first-order valence-electron chi connectivity index (χ1n) is 9.10. The minimum Gasteiger partial charge on any atom is -0.491 e. The summed E-state index contributed by atoms with van der Waals surface area (Å²) in [6.07, 6.45) is 3.30. The first-order chi connectivity index (χ1) is 12.7. The second-order valence-electron chi connectivity index (χ2n) is 6.96. The van der Waals surface area contributed by atoms with Gasteiger partial charge in [-0.15, -0.1) is 0 Å². The SMILES string of the molecule is O=C(Nc1ccc(OCC2CCCO2)cc1)C1CC1c1ccc(Br)cc1. The van der Waals surface area contributed by atoms with Gasteiger partial charge in [0.2, 0.25) is 5.91 Å². The number of ether oxygens (including phenoxy) is 2. The third-order valence-electron chi connectivity index (χ3n) is 5.01. The second-order valence-corrected chi connectivity index (χ2v) is 7.88. The Balaban J connectivity index is 1.27. The van der Waals surface area contributed by atoms with Crippen LogP contribution in [0.5, 0.6) is 5.75 Å². The molecule has 1 aliphatic carbocycles. The lowest BCUT2D eigenvalue weighted by Gasteiger charge is -2.12. The van der Waals surface area contributed by atoms with E-state index in [1.165, 1.54) is 5.56 Å². The average molecular weight is 416 g/mol. The standard InChI is InChI=1S/C21H22BrNO3/c22-15-5-3-14(4-6-15)19-12-20(19)21(24)23-16-7-9-17(10-8-16)26-13-18-2-1-11-25-18/h3-10,18-20H,1-2,11-13H2,(H,23,24). The van der Waals surface area contributed by atoms with E-state index in [1.807, 2.05) is 36.4 Å². The minimum atomic E-state index is 0.0617. The maximum Gasteiger partial charge on any atom is 0.228 e. The van der Waals surface area contributed by atoms with Crippen LogP contribution in [0.25, 0.3) is 0 Å². The number of hydrogen-bond acceptors (Lipinski definition) is 3. The summed E-state index contributed by atoms with van der Waals surface area (Å²) in [5, 5.41) is 3.01. The van der Waals surface area contributed by atoms with Gasteiger partial charge in [0.25, 0.3) is 0 Å². The summed E-state index contributed by atoms with van der Waals surface area (Å²) in [5.74, 6) is 1.28. The second kappa shape index (κ2) is 7.80. The van der Waals surface area contributed by atoms with Crippen molar-refractivity contribution in [2.24, 2.45) is 5.92 Å². The number of anilines is 1. The van der Waals surface area contributed by atoms with Gasteiger partial charge < -0.3 is 14.8 Å². The molecule has 2 aromatic carbocycles. The highest BCUT2D eigenvalue weighted by atomic mass is 79.9. The summed E-state index contributed by atoms with van der Waals surface area (Å²) in [5.41, 5.74) is 2.03. The number of halogens is 1. The number of amides is 1. The van der Waals surface area contributed by atoms with E-state index >= 15 is 0 Å². The lowest BCUT2D eigenvalue weighted by molar-refractivity contribution is -0.117. The number of benzene rings is 2. The zero-order valence-corrected chi connectivity index (χ0v) is 16.1. The Hall–Kier alpha value is -1.85. The molecule has 1 saturated heterocycles. The number of hydrogen-bond donors (Lipinski definition) is 1. The molecule has 3 unspecified atom stereocenters. The zero-order chi connectivity index (χ0) is 17.9. The molecule has 2 aromatic rings. The summed E-state index contributed by atoms with van der Waals surface area (Å²) in [6.45, 7) is 1.42. The van der Waals surface area contributed by atoms with Crippen LogP contribution >= 0.6 is 15.9 Å². The van der Waals surface area contributed by atoms with Crippen molar-refractivity contribution in [2.45, 2.75) is 31.3 Å². The molecule has 0 aromatic heterocycles. The van der Waals surface area contributed by atoms with Gasteiger partial charge in [-0.3, -0.25) is 4.79 Å². The molecule has 1 amide bonds. The summed E-state index contributed by atoms with van der Waals surface area (Å²) >= 11 is 3.44. The van der Waals surface area contributed by atoms with E-state index in [4.69, 9.17) is 9.47 Å². The van der Waals surface area contributed by atoms with Crippen LogP contribution in [0.4, 0.5) is 5.69 Å². The molecule has 0 spiro atoms. The highest BCUT2D eigenvalue weighted by molar-refractivity contribution is 9.10. The van der Waals surface area contributed by atoms with E-state index in [9.17, 15) is 4.79 Å². The van der Waals surface area contributed by atoms with Crippen molar-refractivity contribution in [3.63, 3.8) is 0 Å². The lowest BCUT2D eigenvalue weighted by Crippen LogP contribution is -2.16. The van der Waals surface area contributed by atoms with Crippen LogP contribution in [0.2, 0.25) is 0 Å². The fraction of sp³-hybridized carbons (Fsp3) is 0.381. The molecular formula is C21H22BrNO3. The smallest absolute Gasteiger partial charge is 0.228 e. The van der Waals surface area contributed by atoms with Gasteiger partial charge in [-0.1, -0.05) is 28.1 Å². The number of nitrogens with one attached hydrogen (secondary N) is 1. The Kier molecular flexibility index (Phi) is 5.27. The molecule has 0 bridgehead atoms. The number of carbonyl (C=O) groups excluding carboxylic acids is 1. The van der Waals surface area contributed by atoms with Gasteiger partial charge in [0.05, 0.1) is 6.10 Å². The largest absolute Gasteiger partial charge is 0.491 e. The molecule has 1 saturated carbocycles. The van der Waals surface area contributed by atoms with Crippen LogP contribution in [0, 0.1) is 5.92 Å². The Morgan fingerprint density at radius 2 is 1.92 bits per heavy atom. The lowest BCUT2D eigenvalue weighted by atomic mass is 10.1. The third kappa shape index (κ3) is 4.27. The molecule has 2 fully saturated rings. The molecule has 1 aliphatic heterocycles. The molecule has 1 heterocycles. The van der Waals surface area contributed by atoms with Crippen molar-refractivity contribution < 1.29 is 14.3 Å². The number of carbonyl (C=O) groups is 1. The molecule has 26 heavy (non-hydrogen) atoms. The fourth-order valence-electron chi connectivity index (χ4n) is 3.40. The first kappa shape index (κ1) is 17.6. The van der Waals surface area contributed by atoms with Crippen LogP contribution in [0.1, 0.15) is 30.7 Å². The van der Waals surface area contributed by atoms with Crippen LogP contribution in [0.15, 0.2) is 53.0 Å². The maximum absolute atomic E-state index is 12.4. The molecule has 2 aliphatic rings. The third-order valence-corrected chi connectivity index (χ3v) is 5.54. The van der Waals surface area contributed by atoms with Crippen molar-refractivity contribution in [1.82, 2.24) is 0 Å². The van der Waals surface area contributed by atoms with Gasteiger partial charge in [-0.25, -0.2) is 0 Å². The topological polar surface area (TPSA) is 47.6 Å². The van der Waals surface area contributed by atoms with Crippen LogP contribution in [-0.4, -0.2) is 25.2 Å². The maximum atomic E-state index is 12.4. The van der Waals surface area contributed by atoms with Crippen LogP contribution in [-0.2, 0) is 9.53 Å². The summed E-state index contributed by atoms with van der Waals surface area (Å²) in [7, 11) is 0. The van der Waals surface area contributed by atoms with E-state index in [0.29, 0.717) is 12.5 Å². The predicted molar refractivity (Wildman–Crippen MR) is 105 cm³/mol. The molecular weight excluding hydrogens is 394 g/mol. The molecule has 5 heteroatoms. The minimum absolute atomic E-state index is 0.0617. The Morgan fingerprint density at radius 1 is 1.15 bits per heavy atom. The van der Waals surface area contributed by atoms with Gasteiger partial charge in [0.1, 0.15) is 12.4 Å². The van der Waals surface area contributed by atoms with E-state index in [2.05, 4.69) is 33.4 Å². The number of rotatable bonds is 6. The summed E-state index contributed by atoms with van der Waals surface area (Å²) in [4.78, 5) is 12.4.